The second-order valence-corrected chi connectivity index (χ2v) is 6.33. The first-order valence-electron chi connectivity index (χ1n) is 7.34. The molecule has 2 unspecified atom stereocenters. The molecule has 1 aromatic carbocycles. The van der Waals surface area contributed by atoms with Gasteiger partial charge in [-0.2, -0.15) is 0 Å². The van der Waals surface area contributed by atoms with Crippen LogP contribution in [0.25, 0.3) is 0 Å². The molecule has 0 saturated carbocycles. The summed E-state index contributed by atoms with van der Waals surface area (Å²) in [5.74, 6) is 1.82. The lowest BCUT2D eigenvalue weighted by Gasteiger charge is -2.29. The summed E-state index contributed by atoms with van der Waals surface area (Å²) in [7, 11) is 0. The van der Waals surface area contributed by atoms with Crippen LogP contribution in [0.2, 0.25) is 0 Å². The van der Waals surface area contributed by atoms with Gasteiger partial charge in [0.2, 0.25) is 0 Å². The molecular formula is C16H24N2O. The first kappa shape index (κ1) is 12.8. The predicted octanol–water partition coefficient (Wildman–Crippen LogP) is 2.64. The average molecular weight is 260 g/mol. The first-order valence-corrected chi connectivity index (χ1v) is 7.34. The molecule has 2 heterocycles. The van der Waals surface area contributed by atoms with Gasteiger partial charge in [0.15, 0.2) is 0 Å². The van der Waals surface area contributed by atoms with Crippen molar-refractivity contribution in [1.29, 1.82) is 0 Å². The lowest BCUT2D eigenvalue weighted by atomic mass is 9.87. The number of nitrogens with two attached hydrogens (primary N) is 1. The second-order valence-electron chi connectivity index (χ2n) is 6.33. The Bertz CT molecular complexity index is 512. The number of rotatable bonds is 2. The molecule has 0 fully saturated rings. The Hall–Kier alpha value is -1.22. The molecule has 104 valence electrons. The molecule has 1 aromatic rings. The van der Waals surface area contributed by atoms with Gasteiger partial charge < -0.3 is 15.8 Å². The summed E-state index contributed by atoms with van der Waals surface area (Å²) in [5, 5.41) is 3.60. The Morgan fingerprint density at radius 1 is 1.53 bits per heavy atom. The van der Waals surface area contributed by atoms with E-state index in [0.717, 1.165) is 25.1 Å². The van der Waals surface area contributed by atoms with Crippen LogP contribution in [0.4, 0.5) is 5.69 Å². The smallest absolute Gasteiger partial charge is 0.128 e. The van der Waals surface area contributed by atoms with E-state index in [9.17, 15) is 0 Å². The molecule has 0 bridgehead atoms. The van der Waals surface area contributed by atoms with E-state index in [1.807, 2.05) is 0 Å². The summed E-state index contributed by atoms with van der Waals surface area (Å²) >= 11 is 0. The van der Waals surface area contributed by atoms with Crippen molar-refractivity contribution in [3.63, 3.8) is 0 Å². The van der Waals surface area contributed by atoms with Gasteiger partial charge in [0, 0.05) is 30.8 Å². The summed E-state index contributed by atoms with van der Waals surface area (Å²) in [6.45, 7) is 8.22. The van der Waals surface area contributed by atoms with E-state index in [-0.39, 0.29) is 5.60 Å². The molecule has 2 atom stereocenters. The molecule has 0 aliphatic carbocycles. The molecule has 2 aliphatic heterocycles. The third kappa shape index (κ3) is 2.00. The van der Waals surface area contributed by atoms with Crippen molar-refractivity contribution < 1.29 is 4.74 Å². The lowest BCUT2D eigenvalue weighted by Crippen LogP contribution is -2.39. The van der Waals surface area contributed by atoms with Gasteiger partial charge in [-0.25, -0.2) is 0 Å². The number of benzene rings is 1. The van der Waals surface area contributed by atoms with Gasteiger partial charge in [-0.15, -0.1) is 0 Å². The quantitative estimate of drug-likeness (QED) is 0.859. The number of aryl methyl sites for hydroxylation is 1. The molecule has 2 aliphatic rings. The van der Waals surface area contributed by atoms with Gasteiger partial charge in [0.1, 0.15) is 11.4 Å². The summed E-state index contributed by atoms with van der Waals surface area (Å²) in [6, 6.07) is 2.27. The number of hydrogen-bond acceptors (Lipinski definition) is 3. The zero-order valence-electron chi connectivity index (χ0n) is 12.2. The Kier molecular flexibility index (Phi) is 2.97. The number of anilines is 1. The third-order valence-corrected chi connectivity index (χ3v) is 4.63. The van der Waals surface area contributed by atoms with E-state index in [1.165, 1.54) is 28.8 Å². The molecule has 3 N–H and O–H groups in total. The van der Waals surface area contributed by atoms with E-state index >= 15 is 0 Å². The standard InChI is InChI=1S/C16H24N2O/c1-4-11-6-13-14(18-8-11)10(2)5-12-7-16(3,9-17)19-15(12)13/h5,11,18H,4,6-9,17H2,1-3H3. The summed E-state index contributed by atoms with van der Waals surface area (Å²) in [4.78, 5) is 0. The van der Waals surface area contributed by atoms with Crippen molar-refractivity contribution in [3.8, 4) is 5.75 Å². The van der Waals surface area contributed by atoms with Gasteiger partial charge in [-0.05, 0) is 37.3 Å². The van der Waals surface area contributed by atoms with Crippen molar-refractivity contribution in [3.05, 3.63) is 22.8 Å². The highest BCUT2D eigenvalue weighted by molar-refractivity contribution is 5.67. The lowest BCUT2D eigenvalue weighted by molar-refractivity contribution is 0.124. The third-order valence-electron chi connectivity index (χ3n) is 4.63. The number of nitrogens with one attached hydrogen (secondary N) is 1. The summed E-state index contributed by atoms with van der Waals surface area (Å²) in [5.41, 5.74) is 11.0. The molecular weight excluding hydrogens is 236 g/mol. The van der Waals surface area contributed by atoms with E-state index in [2.05, 4.69) is 32.2 Å². The van der Waals surface area contributed by atoms with Crippen LogP contribution in [-0.4, -0.2) is 18.7 Å². The minimum Gasteiger partial charge on any atom is -0.485 e. The number of fused-ring (bicyclic) bond motifs is 3. The van der Waals surface area contributed by atoms with E-state index in [0.29, 0.717) is 12.5 Å². The highest BCUT2D eigenvalue weighted by atomic mass is 16.5. The van der Waals surface area contributed by atoms with Crippen LogP contribution in [0.1, 0.15) is 37.0 Å². The van der Waals surface area contributed by atoms with Crippen LogP contribution in [-0.2, 0) is 12.8 Å². The fourth-order valence-corrected chi connectivity index (χ4v) is 3.34. The van der Waals surface area contributed by atoms with Gasteiger partial charge in [0.05, 0.1) is 0 Å². The Morgan fingerprint density at radius 3 is 3.00 bits per heavy atom. The maximum Gasteiger partial charge on any atom is 0.128 e. The maximum absolute atomic E-state index is 6.22. The van der Waals surface area contributed by atoms with Crippen LogP contribution >= 0.6 is 0 Å². The predicted molar refractivity (Wildman–Crippen MR) is 78.9 cm³/mol. The average Bonchev–Trinajstić information content (AvgIpc) is 2.76. The molecule has 0 amide bonds. The van der Waals surface area contributed by atoms with Crippen molar-refractivity contribution in [2.45, 2.75) is 45.6 Å². The van der Waals surface area contributed by atoms with Crippen LogP contribution in [0, 0.1) is 12.8 Å². The SMILES string of the molecule is CCC1CNc2c(C)cc3c(c2C1)OC(C)(CN)C3. The summed E-state index contributed by atoms with van der Waals surface area (Å²) < 4.78 is 6.22. The van der Waals surface area contributed by atoms with Crippen LogP contribution in [0.15, 0.2) is 6.07 Å². The highest BCUT2D eigenvalue weighted by Gasteiger charge is 2.37. The largest absolute Gasteiger partial charge is 0.485 e. The Labute approximate surface area is 115 Å². The normalized spacial score (nSPS) is 28.3. The van der Waals surface area contributed by atoms with Crippen molar-refractivity contribution in [1.82, 2.24) is 0 Å². The minimum atomic E-state index is -0.219. The maximum atomic E-state index is 6.22. The fourth-order valence-electron chi connectivity index (χ4n) is 3.34. The first-order chi connectivity index (χ1) is 9.06. The van der Waals surface area contributed by atoms with Crippen LogP contribution in [0.5, 0.6) is 5.75 Å². The van der Waals surface area contributed by atoms with Gasteiger partial charge in [-0.1, -0.05) is 19.4 Å². The zero-order chi connectivity index (χ0) is 13.6. The molecule has 19 heavy (non-hydrogen) atoms. The number of hydrogen-bond donors (Lipinski definition) is 2. The van der Waals surface area contributed by atoms with Crippen LogP contribution in [0.3, 0.4) is 0 Å². The summed E-state index contributed by atoms with van der Waals surface area (Å²) in [6.07, 6.45) is 3.27. The molecule has 3 nitrogen and oxygen atoms in total. The minimum absolute atomic E-state index is 0.219. The topological polar surface area (TPSA) is 47.3 Å². The highest BCUT2D eigenvalue weighted by Crippen LogP contribution is 2.45. The van der Waals surface area contributed by atoms with Crippen molar-refractivity contribution in [2.75, 3.05) is 18.4 Å². The Balaban J connectivity index is 2.05. The molecule has 3 heteroatoms. The van der Waals surface area contributed by atoms with Crippen molar-refractivity contribution in [2.24, 2.45) is 11.7 Å². The molecule has 0 radical (unpaired) electrons. The van der Waals surface area contributed by atoms with Gasteiger partial charge in [0.25, 0.3) is 0 Å². The monoisotopic (exact) mass is 260 g/mol. The zero-order valence-corrected chi connectivity index (χ0v) is 12.2. The van der Waals surface area contributed by atoms with E-state index in [4.69, 9.17) is 10.5 Å². The Morgan fingerprint density at radius 2 is 2.32 bits per heavy atom. The molecule has 0 spiro atoms. The molecule has 0 saturated heterocycles. The van der Waals surface area contributed by atoms with Gasteiger partial charge >= 0.3 is 0 Å². The van der Waals surface area contributed by atoms with E-state index < -0.39 is 0 Å². The van der Waals surface area contributed by atoms with E-state index in [1.54, 1.807) is 0 Å². The second kappa shape index (κ2) is 4.41. The molecule has 3 rings (SSSR count). The van der Waals surface area contributed by atoms with Crippen LogP contribution < -0.4 is 15.8 Å². The van der Waals surface area contributed by atoms with Gasteiger partial charge in [-0.3, -0.25) is 0 Å². The molecule has 0 aromatic heterocycles. The number of ether oxygens (including phenoxy) is 1. The van der Waals surface area contributed by atoms with Crippen molar-refractivity contribution >= 4 is 5.69 Å². The fraction of sp³-hybridized carbons (Fsp3) is 0.625.